The number of fused-ring (bicyclic) bond motifs is 5. The Kier molecular flexibility index (Phi) is 19.0. The smallest absolute Gasteiger partial charge is 0.343 e. The first-order chi connectivity index (χ1) is 44.4. The summed E-state index contributed by atoms with van der Waals surface area (Å²) in [4.78, 5) is 85.0. The zero-order valence-corrected chi connectivity index (χ0v) is 52.3. The highest BCUT2D eigenvalue weighted by Crippen LogP contribution is 2.41. The van der Waals surface area contributed by atoms with Crippen LogP contribution in [0.1, 0.15) is 116 Å². The molecule has 0 saturated carbocycles. The molecule has 1 atom stereocenters. The molecule has 18 heteroatoms. The van der Waals surface area contributed by atoms with Crippen LogP contribution in [0, 0.1) is 0 Å². The third-order valence-corrected chi connectivity index (χ3v) is 17.2. The van der Waals surface area contributed by atoms with Crippen molar-refractivity contribution < 1.29 is 33.7 Å². The molecule has 0 aliphatic carbocycles. The van der Waals surface area contributed by atoms with Gasteiger partial charge in [0.25, 0.3) is 11.5 Å². The zero-order valence-electron chi connectivity index (χ0n) is 50.7. The first-order valence-corrected chi connectivity index (χ1v) is 31.5. The molecule has 460 valence electrons. The molecule has 8 heterocycles. The number of unbranched alkanes of at least 4 members (excludes halogenated alkanes) is 1. The molecule has 2 aliphatic heterocycles. The molecule has 91 heavy (non-hydrogen) atoms. The summed E-state index contributed by atoms with van der Waals surface area (Å²) >= 11 is 3.52. The van der Waals surface area contributed by atoms with E-state index in [2.05, 4.69) is 63.9 Å². The Labute approximate surface area is 536 Å². The molecule has 0 unspecified atom stereocenters. The summed E-state index contributed by atoms with van der Waals surface area (Å²) in [6, 6.07) is 51.9. The Balaban J connectivity index is 0.736. The lowest BCUT2D eigenvalue weighted by molar-refractivity contribution is -0.172. The Morgan fingerprint density at radius 2 is 1.21 bits per heavy atom. The van der Waals surface area contributed by atoms with Crippen LogP contribution in [0.4, 0.5) is 0 Å². The van der Waals surface area contributed by atoms with Crippen molar-refractivity contribution in [2.75, 3.05) is 13.2 Å². The normalized spacial score (nSPS) is 14.0. The monoisotopic (exact) mass is 1280 g/mol. The van der Waals surface area contributed by atoms with E-state index in [0.717, 1.165) is 66.2 Å². The van der Waals surface area contributed by atoms with Crippen LogP contribution in [0.5, 0.6) is 11.5 Å². The molecule has 0 radical (unpaired) electrons. The topological polar surface area (TPSA) is 195 Å². The van der Waals surface area contributed by atoms with Crippen molar-refractivity contribution in [1.82, 2.24) is 44.2 Å². The largest absolute Gasteiger partial charge is 0.494 e. The van der Waals surface area contributed by atoms with Gasteiger partial charge in [-0.25, -0.2) is 14.6 Å². The Morgan fingerprint density at radius 3 is 1.76 bits per heavy atom. The minimum atomic E-state index is -1.93. The molecule has 17 nitrogen and oxygen atoms in total. The number of halogens is 1. The van der Waals surface area contributed by atoms with Crippen molar-refractivity contribution >= 4 is 44.7 Å². The molecule has 12 rings (SSSR count). The van der Waals surface area contributed by atoms with E-state index in [1.165, 1.54) is 0 Å². The molecule has 4 aromatic carbocycles. The molecular weight excluding hydrogens is 1210 g/mol. The summed E-state index contributed by atoms with van der Waals surface area (Å²) in [5, 5.41) is 12.2. The van der Waals surface area contributed by atoms with E-state index in [1.54, 1.807) is 47.9 Å². The SMILES string of the molecule is CCc1c2c(nc3ccc(OC(=O)c4ccc(CN(CCCCOc5cc(CN(Cc6ccccn6)Cc6ccccn6)cc(CN(Cc6ccccn6)Cc6ccccn6)c5)C(=O)c5ccc(Br)cc5)cc4)cc13)-c1cc3c(c(=O)n1C2)COC(=O)[C@]3(O)CC. The van der Waals surface area contributed by atoms with Gasteiger partial charge in [0.2, 0.25) is 0 Å². The molecule has 0 fully saturated rings. The number of aryl methyl sites for hydroxylation is 1. The molecule has 2 aliphatic rings. The van der Waals surface area contributed by atoms with E-state index in [1.807, 2.05) is 146 Å². The molecule has 1 N–H and O–H groups in total. The number of nitrogens with zero attached hydrogens (tertiary/aromatic N) is 9. The lowest BCUT2D eigenvalue weighted by Crippen LogP contribution is -2.44. The van der Waals surface area contributed by atoms with Gasteiger partial charge >= 0.3 is 11.9 Å². The second-order valence-corrected chi connectivity index (χ2v) is 23.9. The van der Waals surface area contributed by atoms with Crippen LogP contribution in [0.15, 0.2) is 198 Å². The predicted octanol–water partition coefficient (Wildman–Crippen LogP) is 12.1. The maximum Gasteiger partial charge on any atom is 0.343 e. The predicted molar refractivity (Wildman–Crippen MR) is 348 cm³/mol. The first kappa shape index (κ1) is 61.6. The third kappa shape index (κ3) is 14.4. The number of hydrogen-bond donors (Lipinski definition) is 1. The second-order valence-electron chi connectivity index (χ2n) is 23.0. The molecule has 6 aromatic heterocycles. The van der Waals surface area contributed by atoms with Gasteiger partial charge in [0.1, 0.15) is 18.1 Å². The van der Waals surface area contributed by atoms with Gasteiger partial charge in [0.05, 0.1) is 64.0 Å². The van der Waals surface area contributed by atoms with E-state index in [0.29, 0.717) is 112 Å². The van der Waals surface area contributed by atoms with Crippen molar-refractivity contribution in [3.63, 3.8) is 0 Å². The highest BCUT2D eigenvalue weighted by molar-refractivity contribution is 9.10. The van der Waals surface area contributed by atoms with Crippen LogP contribution in [-0.4, -0.2) is 80.3 Å². The van der Waals surface area contributed by atoms with Crippen molar-refractivity contribution in [3.05, 3.63) is 276 Å². The number of ether oxygens (including phenoxy) is 3. The van der Waals surface area contributed by atoms with Gasteiger partial charge in [-0.2, -0.15) is 0 Å². The Morgan fingerprint density at radius 1 is 0.626 bits per heavy atom. The number of cyclic esters (lactones) is 1. The van der Waals surface area contributed by atoms with E-state index >= 15 is 0 Å². The molecule has 0 bridgehead atoms. The Hall–Kier alpha value is -9.59. The van der Waals surface area contributed by atoms with E-state index in [9.17, 15) is 24.3 Å². The molecule has 0 saturated heterocycles. The van der Waals surface area contributed by atoms with Crippen LogP contribution in [0.2, 0.25) is 0 Å². The summed E-state index contributed by atoms with van der Waals surface area (Å²) in [6.07, 6.45) is 9.25. The fourth-order valence-electron chi connectivity index (χ4n) is 12.1. The highest BCUT2D eigenvalue weighted by atomic mass is 79.9. The van der Waals surface area contributed by atoms with Crippen LogP contribution < -0.4 is 15.0 Å². The minimum absolute atomic E-state index is 0.0466. The lowest BCUT2D eigenvalue weighted by Gasteiger charge is -2.31. The Bertz CT molecular complexity index is 4110. The first-order valence-electron chi connectivity index (χ1n) is 30.7. The van der Waals surface area contributed by atoms with Gasteiger partial charge in [-0.15, -0.1) is 0 Å². The maximum atomic E-state index is 14.3. The fraction of sp³-hybridized carbons (Fsp3) is 0.247. The zero-order chi connectivity index (χ0) is 62.8. The summed E-state index contributed by atoms with van der Waals surface area (Å²) < 4.78 is 20.4. The average Bonchev–Trinajstić information content (AvgIpc) is 1.63. The number of rotatable bonds is 25. The van der Waals surface area contributed by atoms with E-state index < -0.39 is 17.5 Å². The van der Waals surface area contributed by atoms with Crippen LogP contribution in [-0.2, 0) is 80.5 Å². The van der Waals surface area contributed by atoms with Crippen molar-refractivity contribution in [2.45, 2.75) is 104 Å². The minimum Gasteiger partial charge on any atom is -0.494 e. The van der Waals surface area contributed by atoms with Gasteiger partial charge in [-0.05, 0) is 169 Å². The van der Waals surface area contributed by atoms with E-state index in [-0.39, 0.29) is 42.2 Å². The van der Waals surface area contributed by atoms with E-state index in [4.69, 9.17) is 19.2 Å². The summed E-state index contributed by atoms with van der Waals surface area (Å²) in [5.41, 5.74) is 9.52. The summed E-state index contributed by atoms with van der Waals surface area (Å²) in [7, 11) is 0. The number of benzene rings is 4. The average molecular weight is 1280 g/mol. The van der Waals surface area contributed by atoms with Crippen LogP contribution in [0.3, 0.4) is 0 Å². The van der Waals surface area contributed by atoms with Crippen LogP contribution >= 0.6 is 15.9 Å². The van der Waals surface area contributed by atoms with Gasteiger partial charge in [-0.3, -0.25) is 39.3 Å². The number of carbonyl (C=O) groups excluding carboxylic acids is 3. The fourth-order valence-corrected chi connectivity index (χ4v) is 12.4. The van der Waals surface area contributed by atoms with Gasteiger partial charge < -0.3 is 28.8 Å². The second kappa shape index (κ2) is 28.1. The summed E-state index contributed by atoms with van der Waals surface area (Å²) in [5.74, 6) is -0.375. The number of esters is 2. The van der Waals surface area contributed by atoms with Gasteiger partial charge in [0.15, 0.2) is 5.60 Å². The molecule has 10 aromatic rings. The quantitative estimate of drug-likeness (QED) is 0.0322. The van der Waals surface area contributed by atoms with Crippen molar-refractivity contribution in [2.24, 2.45) is 0 Å². The highest BCUT2D eigenvalue weighted by Gasteiger charge is 2.45. The number of aliphatic hydroxyl groups is 1. The van der Waals surface area contributed by atoms with Gasteiger partial charge in [-0.1, -0.05) is 72.2 Å². The molecule has 1 amide bonds. The number of amides is 1. The lowest BCUT2D eigenvalue weighted by atomic mass is 9.86. The summed E-state index contributed by atoms with van der Waals surface area (Å²) in [6.45, 7) is 8.57. The maximum absolute atomic E-state index is 14.3. The number of aromatic nitrogens is 6. The number of carbonyl (C=O) groups is 3. The molecule has 0 spiro atoms. The van der Waals surface area contributed by atoms with Crippen LogP contribution in [0.25, 0.3) is 22.3 Å². The van der Waals surface area contributed by atoms with Crippen molar-refractivity contribution in [1.29, 1.82) is 0 Å². The molecular formula is C73H68BrN9O8. The third-order valence-electron chi connectivity index (χ3n) is 16.7. The van der Waals surface area contributed by atoms with Gasteiger partial charge in [0, 0.05) is 104 Å². The number of pyridine rings is 6. The number of hydrogen-bond acceptors (Lipinski definition) is 15. The standard InChI is InChI=1S/C73H68BrN9O8/c1-3-61-62-38-59(27-28-66(62)79-68-63(61)47-83-67(68)39-65-64(70(83)85)48-90-72(87)73(65,88)4-2)91-71(86)53-21-19-49(20-22-53)42-82(69(84)52-23-25-54(74)26-24-52)33-13-14-34-89-60-36-50(40-80(43-55-15-5-9-29-75-55)44-56-16-6-10-30-76-56)35-51(37-60)41-81(45-57-17-7-11-31-77-57)46-58-18-8-12-32-78-58/h5-12,15-32,35-39,88H,3-4,13-14,33-34,40-48H2,1-2H3/t73-/m0/s1. The van der Waals surface area contributed by atoms with Crippen molar-refractivity contribution in [3.8, 4) is 22.9 Å².